The molecule has 0 fully saturated rings. The van der Waals surface area contributed by atoms with Crippen LogP contribution in [0.3, 0.4) is 0 Å². The third-order valence-corrected chi connectivity index (χ3v) is 3.51. The Balaban J connectivity index is 2.44. The van der Waals surface area contributed by atoms with Gasteiger partial charge in [0, 0.05) is 12.6 Å². The number of amides is 2. The molecule has 5 heteroatoms. The molecule has 0 aliphatic rings. The molecule has 2 N–H and O–H groups in total. The van der Waals surface area contributed by atoms with E-state index in [4.69, 9.17) is 9.47 Å². The van der Waals surface area contributed by atoms with E-state index in [-0.39, 0.29) is 12.1 Å². The first-order valence-corrected chi connectivity index (χ1v) is 7.23. The van der Waals surface area contributed by atoms with E-state index < -0.39 is 0 Å². The van der Waals surface area contributed by atoms with Crippen molar-refractivity contribution in [2.24, 2.45) is 5.92 Å². The maximum absolute atomic E-state index is 11.7. The molecule has 2 amide bonds. The summed E-state index contributed by atoms with van der Waals surface area (Å²) in [6.07, 6.45) is 0.740. The van der Waals surface area contributed by atoms with Gasteiger partial charge in [0.2, 0.25) is 0 Å². The van der Waals surface area contributed by atoms with E-state index in [2.05, 4.69) is 24.5 Å². The van der Waals surface area contributed by atoms with Crippen LogP contribution in [0.5, 0.6) is 11.5 Å². The standard InChI is InChI=1S/C16H26N2O3/c1-11(2)12(3)18-16(19)17-9-8-13-6-7-14(20-4)15(10-13)21-5/h6-7,10-12H,8-9H2,1-5H3,(H2,17,18,19). The van der Waals surface area contributed by atoms with Crippen molar-refractivity contribution in [3.63, 3.8) is 0 Å². The molecule has 118 valence electrons. The van der Waals surface area contributed by atoms with Crippen LogP contribution in [0.25, 0.3) is 0 Å². The Kier molecular flexibility index (Phi) is 6.85. The summed E-state index contributed by atoms with van der Waals surface area (Å²) in [6, 6.07) is 5.80. The summed E-state index contributed by atoms with van der Waals surface area (Å²) in [5, 5.41) is 5.77. The Morgan fingerprint density at radius 2 is 1.81 bits per heavy atom. The fourth-order valence-corrected chi connectivity index (χ4v) is 1.78. The molecular weight excluding hydrogens is 268 g/mol. The van der Waals surface area contributed by atoms with Gasteiger partial charge >= 0.3 is 6.03 Å². The minimum atomic E-state index is -0.128. The SMILES string of the molecule is COc1ccc(CCNC(=O)NC(C)C(C)C)cc1OC. The average Bonchev–Trinajstić information content (AvgIpc) is 2.46. The summed E-state index contributed by atoms with van der Waals surface area (Å²) in [4.78, 5) is 11.7. The van der Waals surface area contributed by atoms with E-state index >= 15 is 0 Å². The van der Waals surface area contributed by atoms with E-state index in [1.54, 1.807) is 14.2 Å². The van der Waals surface area contributed by atoms with Crippen LogP contribution in [0.15, 0.2) is 18.2 Å². The first kappa shape index (κ1) is 17.1. The first-order chi connectivity index (χ1) is 9.97. The molecular formula is C16H26N2O3. The number of benzene rings is 1. The molecule has 0 radical (unpaired) electrons. The molecule has 0 saturated carbocycles. The minimum Gasteiger partial charge on any atom is -0.493 e. The number of carbonyl (C=O) groups is 1. The number of rotatable bonds is 7. The highest BCUT2D eigenvalue weighted by atomic mass is 16.5. The van der Waals surface area contributed by atoms with Gasteiger partial charge in [0.1, 0.15) is 0 Å². The Hall–Kier alpha value is -1.91. The minimum absolute atomic E-state index is 0.128. The Morgan fingerprint density at radius 3 is 2.38 bits per heavy atom. The largest absolute Gasteiger partial charge is 0.493 e. The molecule has 1 rings (SSSR count). The summed E-state index contributed by atoms with van der Waals surface area (Å²) < 4.78 is 10.5. The van der Waals surface area contributed by atoms with Crippen molar-refractivity contribution >= 4 is 6.03 Å². The third kappa shape index (κ3) is 5.53. The number of nitrogens with one attached hydrogen (secondary N) is 2. The van der Waals surface area contributed by atoms with Crippen molar-refractivity contribution < 1.29 is 14.3 Å². The highest BCUT2D eigenvalue weighted by Gasteiger charge is 2.10. The average molecular weight is 294 g/mol. The van der Waals surface area contributed by atoms with Crippen LogP contribution >= 0.6 is 0 Å². The van der Waals surface area contributed by atoms with Crippen molar-refractivity contribution in [3.05, 3.63) is 23.8 Å². The molecule has 1 aromatic carbocycles. The maximum atomic E-state index is 11.7. The Bertz CT molecular complexity index is 461. The van der Waals surface area contributed by atoms with Gasteiger partial charge in [-0.05, 0) is 37.0 Å². The second-order valence-electron chi connectivity index (χ2n) is 5.37. The number of ether oxygens (including phenoxy) is 2. The van der Waals surface area contributed by atoms with Gasteiger partial charge < -0.3 is 20.1 Å². The smallest absolute Gasteiger partial charge is 0.315 e. The molecule has 21 heavy (non-hydrogen) atoms. The second kappa shape index (κ2) is 8.39. The number of hydrogen-bond acceptors (Lipinski definition) is 3. The first-order valence-electron chi connectivity index (χ1n) is 7.23. The van der Waals surface area contributed by atoms with Crippen LogP contribution in [-0.2, 0) is 6.42 Å². The number of hydrogen-bond donors (Lipinski definition) is 2. The lowest BCUT2D eigenvalue weighted by Gasteiger charge is -2.17. The zero-order valence-corrected chi connectivity index (χ0v) is 13.5. The molecule has 0 aromatic heterocycles. The summed E-state index contributed by atoms with van der Waals surface area (Å²) in [6.45, 7) is 6.73. The molecule has 0 bridgehead atoms. The van der Waals surface area contributed by atoms with Crippen molar-refractivity contribution in [1.82, 2.24) is 10.6 Å². The van der Waals surface area contributed by atoms with Crippen molar-refractivity contribution in [2.75, 3.05) is 20.8 Å². The molecule has 0 aliphatic carbocycles. The second-order valence-corrected chi connectivity index (χ2v) is 5.37. The lowest BCUT2D eigenvalue weighted by molar-refractivity contribution is 0.234. The summed E-state index contributed by atoms with van der Waals surface area (Å²) in [5.41, 5.74) is 1.09. The van der Waals surface area contributed by atoms with Gasteiger partial charge in [-0.3, -0.25) is 0 Å². The van der Waals surface area contributed by atoms with E-state index in [0.717, 1.165) is 12.0 Å². The number of carbonyl (C=O) groups excluding carboxylic acids is 1. The third-order valence-electron chi connectivity index (χ3n) is 3.51. The van der Waals surface area contributed by atoms with Crippen LogP contribution in [0.2, 0.25) is 0 Å². The zero-order valence-electron chi connectivity index (χ0n) is 13.5. The van der Waals surface area contributed by atoms with Crippen LogP contribution in [-0.4, -0.2) is 32.8 Å². The molecule has 5 nitrogen and oxygen atoms in total. The van der Waals surface area contributed by atoms with Crippen LogP contribution in [0, 0.1) is 5.92 Å². The molecule has 0 spiro atoms. The van der Waals surface area contributed by atoms with Gasteiger partial charge in [-0.2, -0.15) is 0 Å². The number of methoxy groups -OCH3 is 2. The maximum Gasteiger partial charge on any atom is 0.315 e. The highest BCUT2D eigenvalue weighted by Crippen LogP contribution is 2.27. The molecule has 1 aromatic rings. The Morgan fingerprint density at radius 1 is 1.14 bits per heavy atom. The van der Waals surface area contributed by atoms with Gasteiger partial charge in [-0.1, -0.05) is 19.9 Å². The van der Waals surface area contributed by atoms with E-state index in [1.165, 1.54) is 0 Å². The lowest BCUT2D eigenvalue weighted by atomic mass is 10.1. The van der Waals surface area contributed by atoms with Gasteiger partial charge in [0.05, 0.1) is 14.2 Å². The van der Waals surface area contributed by atoms with Gasteiger partial charge in [0.25, 0.3) is 0 Å². The van der Waals surface area contributed by atoms with Crippen molar-refractivity contribution in [1.29, 1.82) is 0 Å². The summed E-state index contributed by atoms with van der Waals surface area (Å²) in [7, 11) is 3.22. The monoisotopic (exact) mass is 294 g/mol. The van der Waals surface area contributed by atoms with Crippen molar-refractivity contribution in [3.8, 4) is 11.5 Å². The highest BCUT2D eigenvalue weighted by molar-refractivity contribution is 5.74. The quantitative estimate of drug-likeness (QED) is 0.812. The lowest BCUT2D eigenvalue weighted by Crippen LogP contribution is -2.43. The normalized spacial score (nSPS) is 11.9. The van der Waals surface area contributed by atoms with E-state index in [9.17, 15) is 4.79 Å². The Labute approximate surface area is 127 Å². The summed E-state index contributed by atoms with van der Waals surface area (Å²) in [5.74, 6) is 1.83. The molecule has 0 aliphatic heterocycles. The van der Waals surface area contributed by atoms with E-state index in [1.807, 2.05) is 25.1 Å². The predicted octanol–water partition coefficient (Wildman–Crippen LogP) is 2.59. The van der Waals surface area contributed by atoms with E-state index in [0.29, 0.717) is 24.0 Å². The molecule has 1 atom stereocenters. The predicted molar refractivity (Wildman–Crippen MR) is 84.1 cm³/mol. The van der Waals surface area contributed by atoms with Gasteiger partial charge in [0.15, 0.2) is 11.5 Å². The zero-order chi connectivity index (χ0) is 15.8. The molecule has 0 saturated heterocycles. The topological polar surface area (TPSA) is 59.6 Å². The van der Waals surface area contributed by atoms with Crippen LogP contribution in [0.4, 0.5) is 4.79 Å². The number of urea groups is 1. The fourth-order valence-electron chi connectivity index (χ4n) is 1.78. The van der Waals surface area contributed by atoms with Crippen molar-refractivity contribution in [2.45, 2.75) is 33.2 Å². The van der Waals surface area contributed by atoms with Gasteiger partial charge in [-0.15, -0.1) is 0 Å². The molecule has 0 heterocycles. The van der Waals surface area contributed by atoms with Crippen LogP contribution in [0.1, 0.15) is 26.3 Å². The summed E-state index contributed by atoms with van der Waals surface area (Å²) >= 11 is 0. The fraction of sp³-hybridized carbons (Fsp3) is 0.562. The van der Waals surface area contributed by atoms with Crippen LogP contribution < -0.4 is 20.1 Å². The van der Waals surface area contributed by atoms with Gasteiger partial charge in [-0.25, -0.2) is 4.79 Å². The molecule has 1 unspecified atom stereocenters.